The quantitative estimate of drug-likeness (QED) is 0.159. The molecule has 316 valence electrons. The fourth-order valence-electron chi connectivity index (χ4n) is 10.4. The number of rotatable bonds is 7. The molecule has 1 aliphatic carbocycles. The molecule has 1 atom stereocenters. The summed E-state index contributed by atoms with van der Waals surface area (Å²) in [5, 5.41) is 5.03. The molecule has 1 unspecified atom stereocenters. The van der Waals surface area contributed by atoms with Gasteiger partial charge in [-0.25, -0.2) is 9.97 Å². The normalized spacial score (nSPS) is 13.6. The van der Waals surface area contributed by atoms with Crippen LogP contribution in [0.5, 0.6) is 0 Å². The second-order valence-electron chi connectivity index (χ2n) is 17.6. The predicted octanol–water partition coefficient (Wildman–Crippen LogP) is 18.2. The van der Waals surface area contributed by atoms with Gasteiger partial charge in [-0.1, -0.05) is 195 Å². The van der Waals surface area contributed by atoms with E-state index in [0.717, 1.165) is 73.4 Å². The molecule has 67 heavy (non-hydrogen) atoms. The van der Waals surface area contributed by atoms with E-state index in [1.54, 1.807) is 0 Å². The molecule has 0 spiro atoms. The van der Waals surface area contributed by atoms with Crippen LogP contribution in [-0.2, 0) is 0 Å². The third-order valence-corrected chi connectivity index (χ3v) is 16.0. The monoisotopic (exact) mass is 890 g/mol. The molecule has 0 aliphatic heterocycles. The van der Waals surface area contributed by atoms with Crippen LogP contribution in [0.2, 0.25) is 0 Å². The first-order valence-electron chi connectivity index (χ1n) is 23.0. The Morgan fingerprint density at radius 2 is 0.881 bits per heavy atom. The maximum Gasteiger partial charge on any atom is 0.161 e. The molecule has 1 aliphatic rings. The van der Waals surface area contributed by atoms with Crippen molar-refractivity contribution in [1.82, 2.24) is 9.97 Å². The van der Waals surface area contributed by atoms with Gasteiger partial charge in [-0.15, -0.1) is 22.7 Å². The maximum absolute atomic E-state index is 5.83. The summed E-state index contributed by atoms with van der Waals surface area (Å²) in [5.74, 6) is 1.10. The number of allylic oxidation sites excluding steroid dienone is 1. The molecule has 0 saturated heterocycles. The topological polar surface area (TPSA) is 25.8 Å². The van der Waals surface area contributed by atoms with Crippen molar-refractivity contribution in [2.45, 2.75) is 19.3 Å². The fourth-order valence-corrected chi connectivity index (χ4v) is 12.8. The molecule has 0 fully saturated rings. The molecule has 12 aromatic rings. The van der Waals surface area contributed by atoms with E-state index >= 15 is 0 Å². The maximum atomic E-state index is 5.83. The van der Waals surface area contributed by atoms with Crippen LogP contribution in [0, 0.1) is 0 Å². The van der Waals surface area contributed by atoms with Gasteiger partial charge in [0.15, 0.2) is 5.82 Å². The van der Waals surface area contributed by atoms with Crippen molar-refractivity contribution in [2.24, 2.45) is 0 Å². The van der Waals surface area contributed by atoms with Crippen molar-refractivity contribution in [3.8, 4) is 67.3 Å². The van der Waals surface area contributed by atoms with Crippen molar-refractivity contribution < 1.29 is 0 Å². The minimum Gasteiger partial charge on any atom is -0.228 e. The molecule has 2 nitrogen and oxygen atoms in total. The summed E-state index contributed by atoms with van der Waals surface area (Å²) in [5.41, 5.74) is 16.9. The summed E-state index contributed by atoms with van der Waals surface area (Å²) < 4.78 is 4.99. The van der Waals surface area contributed by atoms with Gasteiger partial charge in [-0.3, -0.25) is 0 Å². The van der Waals surface area contributed by atoms with Gasteiger partial charge in [0.2, 0.25) is 0 Å². The van der Waals surface area contributed by atoms with E-state index in [2.05, 4.69) is 225 Å². The van der Waals surface area contributed by atoms with Crippen molar-refractivity contribution in [3.05, 3.63) is 235 Å². The third-order valence-electron chi connectivity index (χ3n) is 13.6. The van der Waals surface area contributed by atoms with Gasteiger partial charge in [0.1, 0.15) is 0 Å². The highest BCUT2D eigenvalue weighted by molar-refractivity contribution is 7.26. The Morgan fingerprint density at radius 3 is 1.52 bits per heavy atom. The second-order valence-corrected chi connectivity index (χ2v) is 19.7. The van der Waals surface area contributed by atoms with E-state index in [4.69, 9.17) is 9.97 Å². The molecule has 4 heteroatoms. The Bertz CT molecular complexity index is 3780. The lowest BCUT2D eigenvalue weighted by molar-refractivity contribution is 0.768. The molecular formula is C63H42N2S2. The van der Waals surface area contributed by atoms with Gasteiger partial charge in [-0.05, 0) is 98.3 Å². The number of hydrogen-bond donors (Lipinski definition) is 0. The lowest BCUT2D eigenvalue weighted by Crippen LogP contribution is -2.08. The fraction of sp³-hybridized carbons (Fsp3) is 0.0476. The van der Waals surface area contributed by atoms with Gasteiger partial charge in [0.25, 0.3) is 0 Å². The summed E-state index contributed by atoms with van der Waals surface area (Å²) in [4.78, 5) is 11.7. The number of thiophene rings is 2. The SMILES string of the molecule is CC1CC=C(c2cc(-c3ccccc3)cc(-c3ccccc3-c3ccccc3)c2-c2nc(-c3cccc4c3sc3ccccc34)cc(-c3cccc4c3sc3ccccc34)n2)c2ccccc21. The number of hydrogen-bond acceptors (Lipinski definition) is 4. The molecule has 13 rings (SSSR count). The largest absolute Gasteiger partial charge is 0.228 e. The first-order chi connectivity index (χ1) is 33.1. The number of aromatic nitrogens is 2. The van der Waals surface area contributed by atoms with Crippen LogP contribution < -0.4 is 0 Å². The average molecular weight is 891 g/mol. The van der Waals surface area contributed by atoms with Gasteiger partial charge in [-0.2, -0.15) is 0 Å². The highest BCUT2D eigenvalue weighted by Crippen LogP contribution is 2.49. The molecular weight excluding hydrogens is 849 g/mol. The zero-order valence-corrected chi connectivity index (χ0v) is 38.4. The zero-order chi connectivity index (χ0) is 44.4. The van der Waals surface area contributed by atoms with E-state index in [-0.39, 0.29) is 0 Å². The van der Waals surface area contributed by atoms with Crippen molar-refractivity contribution >= 4 is 68.6 Å². The predicted molar refractivity (Wildman–Crippen MR) is 287 cm³/mol. The lowest BCUT2D eigenvalue weighted by Gasteiger charge is -2.27. The first-order valence-corrected chi connectivity index (χ1v) is 24.7. The van der Waals surface area contributed by atoms with Crippen LogP contribution in [0.25, 0.3) is 113 Å². The minimum absolute atomic E-state index is 0.397. The molecule has 0 saturated carbocycles. The van der Waals surface area contributed by atoms with Crippen LogP contribution in [0.15, 0.2) is 218 Å². The second kappa shape index (κ2) is 16.3. The number of benzene rings is 9. The molecule has 0 bridgehead atoms. The zero-order valence-electron chi connectivity index (χ0n) is 36.8. The number of fused-ring (bicyclic) bond motifs is 7. The number of nitrogens with zero attached hydrogens (tertiary/aromatic N) is 2. The summed E-state index contributed by atoms with van der Waals surface area (Å²) in [6.07, 6.45) is 3.40. The molecule has 0 amide bonds. The van der Waals surface area contributed by atoms with Gasteiger partial charge in [0.05, 0.1) is 11.4 Å². The van der Waals surface area contributed by atoms with Crippen LogP contribution in [0.1, 0.15) is 36.0 Å². The Labute approximate surface area is 397 Å². The van der Waals surface area contributed by atoms with E-state index in [0.29, 0.717) is 11.7 Å². The lowest BCUT2D eigenvalue weighted by atomic mass is 9.78. The van der Waals surface area contributed by atoms with Crippen molar-refractivity contribution in [3.63, 3.8) is 0 Å². The minimum atomic E-state index is 0.397. The molecule has 3 aromatic heterocycles. The molecule has 9 aromatic carbocycles. The van der Waals surface area contributed by atoms with Crippen molar-refractivity contribution in [1.29, 1.82) is 0 Å². The van der Waals surface area contributed by atoms with Crippen LogP contribution >= 0.6 is 22.7 Å². The highest BCUT2D eigenvalue weighted by atomic mass is 32.1. The summed E-state index contributed by atoms with van der Waals surface area (Å²) in [6, 6.07) is 77.4. The van der Waals surface area contributed by atoms with E-state index in [9.17, 15) is 0 Å². The Kier molecular flexibility index (Phi) is 9.62. The van der Waals surface area contributed by atoms with Gasteiger partial charge in [0, 0.05) is 57.0 Å². The summed E-state index contributed by atoms with van der Waals surface area (Å²) >= 11 is 3.68. The standard InChI is InChI=1S/C63H42N2S2/c1-39-34-35-47(45-24-10-8-22-43(39)45)55-37-42(40-18-4-2-5-19-40)36-54(46-25-11-9-23-44(46)41-20-6-3-7-21-41)60(55)63-64-56(52-30-16-28-50-48-26-12-14-32-58(48)66-61(50)52)38-57(65-63)53-31-17-29-51-49-27-13-15-33-59(49)67-62(51)53/h2-33,35-39H,34H2,1H3. The Hall–Kier alpha value is -7.76. The summed E-state index contributed by atoms with van der Waals surface area (Å²) in [7, 11) is 0. The molecule has 0 radical (unpaired) electrons. The van der Waals surface area contributed by atoms with E-state index in [1.807, 2.05) is 22.7 Å². The van der Waals surface area contributed by atoms with Gasteiger partial charge < -0.3 is 0 Å². The third kappa shape index (κ3) is 6.75. The van der Waals surface area contributed by atoms with Crippen LogP contribution in [0.4, 0.5) is 0 Å². The Morgan fingerprint density at radius 1 is 0.388 bits per heavy atom. The van der Waals surface area contributed by atoms with E-state index in [1.165, 1.54) is 57.0 Å². The summed E-state index contributed by atoms with van der Waals surface area (Å²) in [6.45, 7) is 2.34. The molecule has 0 N–H and O–H groups in total. The van der Waals surface area contributed by atoms with Crippen LogP contribution in [-0.4, -0.2) is 9.97 Å². The average Bonchev–Trinajstić information content (AvgIpc) is 3.98. The van der Waals surface area contributed by atoms with E-state index < -0.39 is 0 Å². The Balaban J connectivity index is 1.18. The first kappa shape index (κ1) is 39.6. The smallest absolute Gasteiger partial charge is 0.161 e. The highest BCUT2D eigenvalue weighted by Gasteiger charge is 2.28. The van der Waals surface area contributed by atoms with Crippen molar-refractivity contribution in [2.75, 3.05) is 0 Å². The molecule has 3 heterocycles. The van der Waals surface area contributed by atoms with Gasteiger partial charge >= 0.3 is 0 Å². The van der Waals surface area contributed by atoms with Crippen LogP contribution in [0.3, 0.4) is 0 Å².